The Labute approximate surface area is 201 Å². The lowest BCUT2D eigenvalue weighted by atomic mass is 9.74. The fourth-order valence-electron chi connectivity index (χ4n) is 5.69. The maximum absolute atomic E-state index is 10.1. The van der Waals surface area contributed by atoms with Crippen molar-refractivity contribution in [1.82, 2.24) is 4.90 Å². The maximum atomic E-state index is 10.1. The molecule has 0 aromatic heterocycles. The van der Waals surface area contributed by atoms with Crippen LogP contribution in [0.3, 0.4) is 0 Å². The van der Waals surface area contributed by atoms with Gasteiger partial charge in [-0.25, -0.2) is 0 Å². The summed E-state index contributed by atoms with van der Waals surface area (Å²) < 4.78 is 0. The van der Waals surface area contributed by atoms with Gasteiger partial charge in [0.1, 0.15) is 5.75 Å². The van der Waals surface area contributed by atoms with Crippen LogP contribution in [0, 0.1) is 12.8 Å². The fraction of sp³-hybridized carbons (Fsp3) is 0.548. The van der Waals surface area contributed by atoms with Gasteiger partial charge in [-0.1, -0.05) is 113 Å². The number of aromatic hydroxyl groups is 1. The van der Waals surface area contributed by atoms with Crippen molar-refractivity contribution in [3.05, 3.63) is 71.8 Å². The number of phenolic OH excluding ortho intramolecular Hbond substituents is 1. The van der Waals surface area contributed by atoms with E-state index in [4.69, 9.17) is 0 Å². The van der Waals surface area contributed by atoms with Gasteiger partial charge in [-0.05, 0) is 48.4 Å². The molecule has 1 aliphatic heterocycles. The topological polar surface area (TPSA) is 23.5 Å². The zero-order valence-electron chi connectivity index (χ0n) is 20.7. The number of phenols is 1. The molecule has 2 heteroatoms. The van der Waals surface area contributed by atoms with E-state index in [0.29, 0.717) is 5.75 Å². The van der Waals surface area contributed by atoms with Gasteiger partial charge in [-0.15, -0.1) is 0 Å². The summed E-state index contributed by atoms with van der Waals surface area (Å²) in [6.45, 7) is 8.53. The summed E-state index contributed by atoms with van der Waals surface area (Å²) >= 11 is 0. The monoisotopic (exact) mass is 445 g/mol. The molecule has 1 saturated heterocycles. The molecule has 1 N–H and O–H groups in total. The Morgan fingerprint density at radius 1 is 1.00 bits per heavy atom. The van der Waals surface area contributed by atoms with E-state index < -0.39 is 0 Å². The van der Waals surface area contributed by atoms with Gasteiger partial charge in [0, 0.05) is 24.2 Å². The second-order valence-electron chi connectivity index (χ2n) is 10.7. The summed E-state index contributed by atoms with van der Waals surface area (Å²) in [4.78, 5) is 2.48. The highest BCUT2D eigenvalue weighted by atomic mass is 16.3. The summed E-state index contributed by atoms with van der Waals surface area (Å²) in [6.07, 6.45) is 16.7. The zero-order chi connectivity index (χ0) is 23.1. The minimum absolute atomic E-state index is 0.158. The fourth-order valence-corrected chi connectivity index (χ4v) is 5.69. The molecule has 178 valence electrons. The number of nitrogens with zero attached hydrogens (tertiary/aromatic N) is 1. The molecule has 5 rings (SSSR count). The molecule has 0 bridgehead atoms. The Morgan fingerprint density at radius 2 is 1.70 bits per heavy atom. The minimum Gasteiger partial charge on any atom is -0.508 e. The van der Waals surface area contributed by atoms with E-state index in [1.165, 1.54) is 81.8 Å². The maximum Gasteiger partial charge on any atom is 0.118 e. The SMILES string of the molecule is C1CC1.C=C(c1ccccc1)N1CCC(CCCC2CCCCC2)(c2ccc(O)c(C)c2)C1. The van der Waals surface area contributed by atoms with Crippen molar-refractivity contribution in [2.75, 3.05) is 13.1 Å². The van der Waals surface area contributed by atoms with Crippen LogP contribution < -0.4 is 0 Å². The third kappa shape index (κ3) is 6.43. The molecule has 2 aromatic rings. The summed E-state index contributed by atoms with van der Waals surface area (Å²) in [6, 6.07) is 16.9. The average molecular weight is 446 g/mol. The molecule has 2 aliphatic carbocycles. The van der Waals surface area contributed by atoms with Gasteiger partial charge in [0.05, 0.1) is 0 Å². The minimum atomic E-state index is 0.158. The summed E-state index contributed by atoms with van der Waals surface area (Å²) in [5.41, 5.74) is 4.90. The lowest BCUT2D eigenvalue weighted by molar-refractivity contribution is 0.304. The van der Waals surface area contributed by atoms with Gasteiger partial charge in [0.2, 0.25) is 0 Å². The van der Waals surface area contributed by atoms with Crippen molar-refractivity contribution < 1.29 is 5.11 Å². The molecule has 2 aromatic carbocycles. The smallest absolute Gasteiger partial charge is 0.118 e. The van der Waals surface area contributed by atoms with Crippen LogP contribution >= 0.6 is 0 Å². The molecule has 0 radical (unpaired) electrons. The molecule has 0 spiro atoms. The van der Waals surface area contributed by atoms with Crippen LogP contribution in [0.4, 0.5) is 0 Å². The van der Waals surface area contributed by atoms with Gasteiger partial charge in [0.15, 0.2) is 0 Å². The Kier molecular flexibility index (Phi) is 8.17. The molecule has 1 unspecified atom stereocenters. The molecule has 3 fully saturated rings. The lowest BCUT2D eigenvalue weighted by Crippen LogP contribution is -2.31. The number of rotatable bonds is 7. The predicted molar refractivity (Wildman–Crippen MR) is 140 cm³/mol. The summed E-state index contributed by atoms with van der Waals surface area (Å²) in [5.74, 6) is 1.34. The Morgan fingerprint density at radius 3 is 2.36 bits per heavy atom. The van der Waals surface area contributed by atoms with E-state index >= 15 is 0 Å². The van der Waals surface area contributed by atoms with E-state index in [2.05, 4.69) is 53.9 Å². The van der Waals surface area contributed by atoms with Crippen molar-refractivity contribution in [1.29, 1.82) is 0 Å². The van der Waals surface area contributed by atoms with Crippen molar-refractivity contribution in [3.8, 4) is 5.75 Å². The van der Waals surface area contributed by atoms with E-state index in [1.807, 2.05) is 13.0 Å². The molecule has 1 atom stereocenters. The standard InChI is InChI=1S/C28H37NO.C3H6/c1-22-20-26(15-16-27(22)30)28(17-9-12-24-10-5-3-6-11-24)18-19-29(21-28)23(2)25-13-7-4-8-14-25;1-2-3-1/h4,7-8,13-16,20,24,30H,2-3,5-6,9-12,17-19,21H2,1H3;1-3H2. The van der Waals surface area contributed by atoms with E-state index in [1.54, 1.807) is 0 Å². The molecule has 33 heavy (non-hydrogen) atoms. The highest BCUT2D eigenvalue weighted by Gasteiger charge is 2.40. The van der Waals surface area contributed by atoms with Gasteiger partial charge >= 0.3 is 0 Å². The molecular weight excluding hydrogens is 402 g/mol. The second kappa shape index (κ2) is 11.3. The van der Waals surface area contributed by atoms with Gasteiger partial charge in [-0.3, -0.25) is 0 Å². The number of benzene rings is 2. The first kappa shape index (κ1) is 23.9. The van der Waals surface area contributed by atoms with Crippen LogP contribution in [0.5, 0.6) is 5.75 Å². The normalized spacial score (nSPS) is 22.5. The first-order valence-electron chi connectivity index (χ1n) is 13.4. The lowest BCUT2D eigenvalue weighted by Gasteiger charge is -2.32. The predicted octanol–water partition coefficient (Wildman–Crippen LogP) is 8.24. The van der Waals surface area contributed by atoms with Gasteiger partial charge in [-0.2, -0.15) is 0 Å². The van der Waals surface area contributed by atoms with E-state index in [-0.39, 0.29) is 5.41 Å². The summed E-state index contributed by atoms with van der Waals surface area (Å²) in [7, 11) is 0. The first-order chi connectivity index (χ1) is 16.1. The molecule has 2 nitrogen and oxygen atoms in total. The Bertz CT molecular complexity index is 894. The molecule has 2 saturated carbocycles. The largest absolute Gasteiger partial charge is 0.508 e. The van der Waals surface area contributed by atoms with Crippen LogP contribution in [-0.2, 0) is 5.41 Å². The van der Waals surface area contributed by atoms with Crippen LogP contribution in [0.15, 0.2) is 55.1 Å². The van der Waals surface area contributed by atoms with Crippen molar-refractivity contribution in [3.63, 3.8) is 0 Å². The Hall–Kier alpha value is -2.22. The quantitative estimate of drug-likeness (QED) is 0.464. The van der Waals surface area contributed by atoms with Crippen LogP contribution in [0.2, 0.25) is 0 Å². The highest BCUT2D eigenvalue weighted by molar-refractivity contribution is 5.62. The molecular formula is C31H43NO. The average Bonchev–Trinajstić information content (AvgIpc) is 3.68. The molecule has 0 amide bonds. The number of hydrogen-bond acceptors (Lipinski definition) is 2. The van der Waals surface area contributed by atoms with Crippen LogP contribution in [0.25, 0.3) is 5.70 Å². The first-order valence-corrected chi connectivity index (χ1v) is 13.4. The van der Waals surface area contributed by atoms with Crippen molar-refractivity contribution in [2.45, 2.75) is 89.4 Å². The Balaban J connectivity index is 0.000000799. The third-order valence-corrected chi connectivity index (χ3v) is 8.00. The number of hydrogen-bond donors (Lipinski definition) is 1. The second-order valence-corrected chi connectivity index (χ2v) is 10.7. The van der Waals surface area contributed by atoms with Crippen LogP contribution in [-0.4, -0.2) is 23.1 Å². The van der Waals surface area contributed by atoms with E-state index in [0.717, 1.165) is 36.7 Å². The van der Waals surface area contributed by atoms with Crippen LogP contribution in [0.1, 0.15) is 93.7 Å². The molecule has 3 aliphatic rings. The van der Waals surface area contributed by atoms with E-state index in [9.17, 15) is 5.11 Å². The van der Waals surface area contributed by atoms with Gasteiger partial charge in [0.25, 0.3) is 0 Å². The van der Waals surface area contributed by atoms with Crippen molar-refractivity contribution in [2.24, 2.45) is 5.92 Å². The zero-order valence-corrected chi connectivity index (χ0v) is 20.7. The number of likely N-dealkylation sites (tertiary alicyclic amines) is 1. The highest BCUT2D eigenvalue weighted by Crippen LogP contribution is 2.43. The summed E-state index contributed by atoms with van der Waals surface area (Å²) in [5, 5.41) is 10.1. The molecule has 1 heterocycles. The number of aryl methyl sites for hydroxylation is 1. The third-order valence-electron chi connectivity index (χ3n) is 8.00. The van der Waals surface area contributed by atoms with Gasteiger partial charge < -0.3 is 10.0 Å². The van der Waals surface area contributed by atoms with Crippen molar-refractivity contribution >= 4 is 5.70 Å².